The molecule has 100 valence electrons. The van der Waals surface area contributed by atoms with Crippen molar-refractivity contribution in [2.75, 3.05) is 40.4 Å². The van der Waals surface area contributed by atoms with Crippen molar-refractivity contribution in [1.82, 2.24) is 10.2 Å². The van der Waals surface area contributed by atoms with Gasteiger partial charge in [0.05, 0.1) is 5.60 Å². The number of nitrogens with zero attached hydrogens (tertiary/aromatic N) is 1. The minimum absolute atomic E-state index is 0.0346. The zero-order valence-corrected chi connectivity index (χ0v) is 11.0. The van der Waals surface area contributed by atoms with Crippen LogP contribution in [-0.4, -0.2) is 61.9 Å². The Kier molecular flexibility index (Phi) is 5.36. The lowest BCUT2D eigenvalue weighted by Gasteiger charge is -2.28. The fourth-order valence-corrected chi connectivity index (χ4v) is 2.12. The maximum atomic E-state index is 11.8. The van der Waals surface area contributed by atoms with Crippen molar-refractivity contribution in [3.8, 4) is 0 Å². The van der Waals surface area contributed by atoms with Crippen LogP contribution >= 0.6 is 0 Å². The van der Waals surface area contributed by atoms with E-state index < -0.39 is 5.60 Å². The van der Waals surface area contributed by atoms with E-state index in [1.807, 2.05) is 19.0 Å². The summed E-state index contributed by atoms with van der Waals surface area (Å²) in [6.07, 6.45) is 1.56. The number of rotatable bonds is 5. The standard InChI is InChI=1S/C12H24N2O3/c1-12(16,9-14(2)3)8-13-11(15)10-4-6-17-7-5-10/h10,16H,4-9H2,1-3H3,(H,13,15). The van der Waals surface area contributed by atoms with Gasteiger partial charge in [-0.3, -0.25) is 4.79 Å². The molecule has 1 unspecified atom stereocenters. The fraction of sp³-hybridized carbons (Fsp3) is 0.917. The van der Waals surface area contributed by atoms with Crippen LogP contribution in [0.3, 0.4) is 0 Å². The average Bonchev–Trinajstić information content (AvgIpc) is 2.25. The Labute approximate surface area is 103 Å². The van der Waals surface area contributed by atoms with Gasteiger partial charge in [-0.15, -0.1) is 0 Å². The van der Waals surface area contributed by atoms with Crippen LogP contribution in [0.25, 0.3) is 0 Å². The topological polar surface area (TPSA) is 61.8 Å². The Bertz CT molecular complexity index is 248. The third-order valence-electron chi connectivity index (χ3n) is 2.89. The predicted molar refractivity (Wildman–Crippen MR) is 65.7 cm³/mol. The highest BCUT2D eigenvalue weighted by molar-refractivity contribution is 5.78. The van der Waals surface area contributed by atoms with Gasteiger partial charge in [0.2, 0.25) is 5.91 Å². The molecule has 0 bridgehead atoms. The number of aliphatic hydroxyl groups is 1. The molecule has 0 aromatic carbocycles. The third kappa shape index (κ3) is 5.48. The van der Waals surface area contributed by atoms with Crippen LogP contribution in [-0.2, 0) is 9.53 Å². The molecule has 0 radical (unpaired) electrons. The van der Waals surface area contributed by atoms with Crippen molar-refractivity contribution >= 4 is 5.91 Å². The van der Waals surface area contributed by atoms with Gasteiger partial charge in [0.1, 0.15) is 0 Å². The lowest BCUT2D eigenvalue weighted by molar-refractivity contribution is -0.129. The average molecular weight is 244 g/mol. The van der Waals surface area contributed by atoms with E-state index in [2.05, 4.69) is 5.32 Å². The number of nitrogens with one attached hydrogen (secondary N) is 1. The third-order valence-corrected chi connectivity index (χ3v) is 2.89. The second-order valence-electron chi connectivity index (χ2n) is 5.34. The van der Waals surface area contributed by atoms with E-state index in [0.717, 1.165) is 12.8 Å². The molecule has 1 atom stereocenters. The normalized spacial score (nSPS) is 21.2. The summed E-state index contributed by atoms with van der Waals surface area (Å²) >= 11 is 0. The van der Waals surface area contributed by atoms with E-state index >= 15 is 0 Å². The first-order valence-corrected chi connectivity index (χ1v) is 6.13. The van der Waals surface area contributed by atoms with E-state index in [9.17, 15) is 9.90 Å². The molecule has 0 aromatic heterocycles. The second kappa shape index (κ2) is 6.33. The van der Waals surface area contributed by atoms with Gasteiger partial charge in [0.15, 0.2) is 0 Å². The molecule has 17 heavy (non-hydrogen) atoms. The molecule has 0 spiro atoms. The smallest absolute Gasteiger partial charge is 0.223 e. The van der Waals surface area contributed by atoms with Crippen LogP contribution in [0.15, 0.2) is 0 Å². The monoisotopic (exact) mass is 244 g/mol. The SMILES string of the molecule is CN(C)CC(C)(O)CNC(=O)C1CCOCC1. The fourth-order valence-electron chi connectivity index (χ4n) is 2.12. The molecule has 1 aliphatic rings. The van der Waals surface area contributed by atoms with Gasteiger partial charge in [-0.05, 0) is 33.9 Å². The number of hydrogen-bond donors (Lipinski definition) is 2. The molecular formula is C12H24N2O3. The van der Waals surface area contributed by atoms with Crippen molar-refractivity contribution < 1.29 is 14.6 Å². The lowest BCUT2D eigenvalue weighted by atomic mass is 9.98. The summed E-state index contributed by atoms with van der Waals surface area (Å²) in [5.74, 6) is 0.0752. The van der Waals surface area contributed by atoms with Crippen LogP contribution in [0.5, 0.6) is 0 Å². The van der Waals surface area contributed by atoms with Crippen LogP contribution in [0.4, 0.5) is 0 Å². The van der Waals surface area contributed by atoms with Crippen LogP contribution < -0.4 is 5.32 Å². The molecular weight excluding hydrogens is 220 g/mol. The quantitative estimate of drug-likeness (QED) is 0.705. The van der Waals surface area contributed by atoms with Gasteiger partial charge in [-0.2, -0.15) is 0 Å². The van der Waals surface area contributed by atoms with Crippen LogP contribution in [0, 0.1) is 5.92 Å². The Morgan fingerprint density at radius 3 is 2.59 bits per heavy atom. The molecule has 1 heterocycles. The molecule has 2 N–H and O–H groups in total. The molecule has 5 heteroatoms. The number of amides is 1. The van der Waals surface area contributed by atoms with Gasteiger partial charge in [0.25, 0.3) is 0 Å². The molecule has 0 aliphatic carbocycles. The summed E-state index contributed by atoms with van der Waals surface area (Å²) in [5, 5.41) is 12.9. The number of ether oxygens (including phenoxy) is 1. The minimum Gasteiger partial charge on any atom is -0.387 e. The first-order chi connectivity index (χ1) is 7.91. The summed E-state index contributed by atoms with van der Waals surface area (Å²) in [7, 11) is 3.80. The summed E-state index contributed by atoms with van der Waals surface area (Å²) < 4.78 is 5.21. The van der Waals surface area contributed by atoms with Gasteiger partial charge >= 0.3 is 0 Å². The van der Waals surface area contributed by atoms with Crippen LogP contribution in [0.2, 0.25) is 0 Å². The van der Waals surface area contributed by atoms with Crippen molar-refractivity contribution in [1.29, 1.82) is 0 Å². The van der Waals surface area contributed by atoms with E-state index in [1.54, 1.807) is 6.92 Å². The first kappa shape index (κ1) is 14.4. The highest BCUT2D eigenvalue weighted by Gasteiger charge is 2.26. The summed E-state index contributed by atoms with van der Waals surface area (Å²) in [6.45, 7) is 3.87. The van der Waals surface area contributed by atoms with Crippen molar-refractivity contribution in [2.45, 2.75) is 25.4 Å². The molecule has 1 amide bonds. The Hall–Kier alpha value is -0.650. The molecule has 5 nitrogen and oxygen atoms in total. The largest absolute Gasteiger partial charge is 0.387 e. The maximum Gasteiger partial charge on any atom is 0.223 e. The van der Waals surface area contributed by atoms with Crippen molar-refractivity contribution in [3.05, 3.63) is 0 Å². The zero-order chi connectivity index (χ0) is 12.9. The van der Waals surface area contributed by atoms with Gasteiger partial charge in [-0.1, -0.05) is 0 Å². The molecule has 1 aliphatic heterocycles. The van der Waals surface area contributed by atoms with Crippen molar-refractivity contribution in [2.24, 2.45) is 5.92 Å². The summed E-state index contributed by atoms with van der Waals surface area (Å²) in [4.78, 5) is 13.7. The number of carbonyl (C=O) groups excluding carboxylic acids is 1. The van der Waals surface area contributed by atoms with Gasteiger partial charge in [0, 0.05) is 32.2 Å². The highest BCUT2D eigenvalue weighted by atomic mass is 16.5. The van der Waals surface area contributed by atoms with E-state index in [4.69, 9.17) is 4.74 Å². The van der Waals surface area contributed by atoms with E-state index in [1.165, 1.54) is 0 Å². The number of carbonyl (C=O) groups is 1. The molecule has 0 aromatic rings. The highest BCUT2D eigenvalue weighted by Crippen LogP contribution is 2.14. The number of likely N-dealkylation sites (N-methyl/N-ethyl adjacent to an activating group) is 1. The molecule has 1 rings (SSSR count). The Balaban J connectivity index is 2.31. The van der Waals surface area contributed by atoms with Crippen molar-refractivity contribution in [3.63, 3.8) is 0 Å². The first-order valence-electron chi connectivity index (χ1n) is 6.13. The maximum absolute atomic E-state index is 11.8. The molecule has 1 saturated heterocycles. The minimum atomic E-state index is -0.885. The molecule has 1 fully saturated rings. The van der Waals surface area contributed by atoms with Crippen LogP contribution in [0.1, 0.15) is 19.8 Å². The lowest BCUT2D eigenvalue weighted by Crippen LogP contribution is -2.48. The van der Waals surface area contributed by atoms with E-state index in [-0.39, 0.29) is 11.8 Å². The van der Waals surface area contributed by atoms with Gasteiger partial charge < -0.3 is 20.1 Å². The predicted octanol–water partition coefficient (Wildman–Crippen LogP) is -0.158. The zero-order valence-electron chi connectivity index (χ0n) is 11.0. The summed E-state index contributed by atoms with van der Waals surface area (Å²) in [6, 6.07) is 0. The Morgan fingerprint density at radius 2 is 2.06 bits per heavy atom. The molecule has 0 saturated carbocycles. The second-order valence-corrected chi connectivity index (χ2v) is 5.34. The van der Waals surface area contributed by atoms with Gasteiger partial charge in [-0.25, -0.2) is 0 Å². The number of hydrogen-bond acceptors (Lipinski definition) is 4. The summed E-state index contributed by atoms with van der Waals surface area (Å²) in [5.41, 5.74) is -0.885. The Morgan fingerprint density at radius 1 is 1.47 bits per heavy atom. The van der Waals surface area contributed by atoms with E-state index in [0.29, 0.717) is 26.3 Å².